The van der Waals surface area contributed by atoms with Gasteiger partial charge in [-0.15, -0.1) is 0 Å². The number of carbonyl (C=O) groups is 1. The number of amides is 1. The molecule has 142 valence electrons. The molecule has 1 aliphatic heterocycles. The van der Waals surface area contributed by atoms with Gasteiger partial charge in [-0.05, 0) is 32.6 Å². The van der Waals surface area contributed by atoms with Crippen LogP contribution < -0.4 is 5.32 Å². The molecule has 0 aromatic carbocycles. The highest BCUT2D eigenvalue weighted by atomic mass is 16.5. The summed E-state index contributed by atoms with van der Waals surface area (Å²) in [6.07, 6.45) is 5.97. The highest BCUT2D eigenvalue weighted by molar-refractivity contribution is 5.91. The number of aromatic nitrogens is 2. The van der Waals surface area contributed by atoms with Gasteiger partial charge in [0.1, 0.15) is 5.76 Å². The van der Waals surface area contributed by atoms with Gasteiger partial charge in [0, 0.05) is 25.5 Å². The van der Waals surface area contributed by atoms with Gasteiger partial charge in [-0.2, -0.15) is 0 Å². The predicted molar refractivity (Wildman–Crippen MR) is 95.0 cm³/mol. The second-order valence-corrected chi connectivity index (χ2v) is 6.66. The lowest BCUT2D eigenvalue weighted by atomic mass is 10.1. The number of nitrogens with zero attached hydrogens (tertiary/aromatic N) is 3. The summed E-state index contributed by atoms with van der Waals surface area (Å²) in [6.45, 7) is 3.10. The van der Waals surface area contributed by atoms with Crippen LogP contribution in [0.2, 0.25) is 0 Å². The first-order valence-electron chi connectivity index (χ1n) is 8.81. The molecule has 0 aliphatic carbocycles. The van der Waals surface area contributed by atoms with Crippen molar-refractivity contribution in [3.63, 3.8) is 0 Å². The number of hydrogen-bond donors (Lipinski definition) is 1. The SMILES string of the molecule is CN(C)CCO[C@H]1CCOC[C@H]1NC(=O)c1ccc(Cn2ccnc2)o1. The molecular formula is C18H26N4O4. The Balaban J connectivity index is 1.54. The number of imidazole rings is 1. The summed E-state index contributed by atoms with van der Waals surface area (Å²) < 4.78 is 19.0. The lowest BCUT2D eigenvalue weighted by Crippen LogP contribution is -2.50. The fourth-order valence-corrected chi connectivity index (χ4v) is 2.82. The zero-order valence-electron chi connectivity index (χ0n) is 15.3. The molecule has 8 nitrogen and oxygen atoms in total. The van der Waals surface area contributed by atoms with Crippen LogP contribution in [0.25, 0.3) is 0 Å². The van der Waals surface area contributed by atoms with Crippen LogP contribution in [-0.2, 0) is 16.0 Å². The molecule has 0 saturated carbocycles. The molecule has 0 unspecified atom stereocenters. The second kappa shape index (κ2) is 8.98. The Kier molecular flexibility index (Phi) is 6.43. The predicted octanol–water partition coefficient (Wildman–Crippen LogP) is 0.990. The molecule has 1 N–H and O–H groups in total. The molecule has 3 heterocycles. The van der Waals surface area contributed by atoms with E-state index in [1.165, 1.54) is 0 Å². The van der Waals surface area contributed by atoms with Crippen LogP contribution in [-0.4, -0.2) is 73.0 Å². The zero-order chi connectivity index (χ0) is 18.4. The average Bonchev–Trinajstić information content (AvgIpc) is 3.28. The first-order chi connectivity index (χ1) is 12.6. The topological polar surface area (TPSA) is 81.8 Å². The molecule has 1 fully saturated rings. The van der Waals surface area contributed by atoms with Crippen molar-refractivity contribution >= 4 is 5.91 Å². The Morgan fingerprint density at radius 1 is 1.46 bits per heavy atom. The monoisotopic (exact) mass is 362 g/mol. The summed E-state index contributed by atoms with van der Waals surface area (Å²) in [5.74, 6) is 0.739. The third kappa shape index (κ3) is 5.17. The Bertz CT molecular complexity index is 683. The van der Waals surface area contributed by atoms with Crippen molar-refractivity contribution in [2.75, 3.05) is 40.5 Å². The van der Waals surface area contributed by atoms with Crippen molar-refractivity contribution in [2.45, 2.75) is 25.1 Å². The van der Waals surface area contributed by atoms with Crippen LogP contribution in [0.3, 0.4) is 0 Å². The molecular weight excluding hydrogens is 336 g/mol. The molecule has 2 aromatic heterocycles. The van der Waals surface area contributed by atoms with E-state index < -0.39 is 0 Å². The van der Waals surface area contributed by atoms with Crippen LogP contribution in [0.4, 0.5) is 0 Å². The number of likely N-dealkylation sites (N-methyl/N-ethyl adjacent to an activating group) is 1. The maximum absolute atomic E-state index is 12.5. The van der Waals surface area contributed by atoms with Gasteiger partial charge in [0.05, 0.1) is 38.2 Å². The lowest BCUT2D eigenvalue weighted by Gasteiger charge is -2.32. The first kappa shape index (κ1) is 18.6. The Hall–Kier alpha value is -2.16. The summed E-state index contributed by atoms with van der Waals surface area (Å²) in [6, 6.07) is 3.31. The van der Waals surface area contributed by atoms with E-state index in [0.29, 0.717) is 32.1 Å². The number of carbonyl (C=O) groups excluding carboxylic acids is 1. The molecule has 1 aliphatic rings. The lowest BCUT2D eigenvalue weighted by molar-refractivity contribution is -0.0563. The minimum absolute atomic E-state index is 0.0481. The number of rotatable bonds is 8. The van der Waals surface area contributed by atoms with E-state index in [1.807, 2.05) is 24.9 Å². The molecule has 1 saturated heterocycles. The van der Waals surface area contributed by atoms with Crippen LogP contribution in [0.15, 0.2) is 35.3 Å². The highest BCUT2D eigenvalue weighted by Crippen LogP contribution is 2.14. The summed E-state index contributed by atoms with van der Waals surface area (Å²) in [5.41, 5.74) is 0. The van der Waals surface area contributed by atoms with Crippen molar-refractivity contribution in [1.82, 2.24) is 19.8 Å². The fraction of sp³-hybridized carbons (Fsp3) is 0.556. The van der Waals surface area contributed by atoms with Crippen LogP contribution in [0.5, 0.6) is 0 Å². The number of ether oxygens (including phenoxy) is 2. The smallest absolute Gasteiger partial charge is 0.287 e. The Morgan fingerprint density at radius 2 is 2.35 bits per heavy atom. The van der Waals surface area contributed by atoms with Crippen molar-refractivity contribution in [1.29, 1.82) is 0 Å². The van der Waals surface area contributed by atoms with Crippen molar-refractivity contribution in [2.24, 2.45) is 0 Å². The molecule has 0 spiro atoms. The largest absolute Gasteiger partial charge is 0.454 e. The quantitative estimate of drug-likeness (QED) is 0.754. The van der Waals surface area contributed by atoms with Gasteiger partial charge in [0.15, 0.2) is 5.76 Å². The first-order valence-corrected chi connectivity index (χ1v) is 8.81. The summed E-state index contributed by atoms with van der Waals surface area (Å²) in [4.78, 5) is 18.6. The van der Waals surface area contributed by atoms with Crippen molar-refractivity contribution in [3.8, 4) is 0 Å². The molecule has 26 heavy (non-hydrogen) atoms. The third-order valence-corrected chi connectivity index (χ3v) is 4.26. The number of nitrogens with one attached hydrogen (secondary N) is 1. The maximum Gasteiger partial charge on any atom is 0.287 e. The molecule has 0 radical (unpaired) electrons. The average molecular weight is 362 g/mol. The summed E-state index contributed by atoms with van der Waals surface area (Å²) >= 11 is 0. The molecule has 1 amide bonds. The van der Waals surface area contributed by atoms with E-state index in [2.05, 4.69) is 15.2 Å². The van der Waals surface area contributed by atoms with E-state index >= 15 is 0 Å². The third-order valence-electron chi connectivity index (χ3n) is 4.26. The van der Waals surface area contributed by atoms with Gasteiger partial charge >= 0.3 is 0 Å². The fourth-order valence-electron chi connectivity index (χ4n) is 2.82. The van der Waals surface area contributed by atoms with E-state index in [0.717, 1.165) is 13.0 Å². The van der Waals surface area contributed by atoms with Gasteiger partial charge in [0.2, 0.25) is 0 Å². The van der Waals surface area contributed by atoms with Crippen LogP contribution in [0, 0.1) is 0 Å². The maximum atomic E-state index is 12.5. The van der Waals surface area contributed by atoms with Crippen molar-refractivity contribution < 1.29 is 18.7 Å². The van der Waals surface area contributed by atoms with E-state index in [1.54, 1.807) is 24.7 Å². The molecule has 8 heteroatoms. The van der Waals surface area contributed by atoms with Gasteiger partial charge < -0.3 is 28.7 Å². The Morgan fingerprint density at radius 3 is 3.12 bits per heavy atom. The summed E-state index contributed by atoms with van der Waals surface area (Å²) in [5, 5.41) is 2.98. The van der Waals surface area contributed by atoms with Crippen LogP contribution in [0.1, 0.15) is 22.7 Å². The van der Waals surface area contributed by atoms with E-state index in [9.17, 15) is 4.79 Å². The summed E-state index contributed by atoms with van der Waals surface area (Å²) in [7, 11) is 4.01. The van der Waals surface area contributed by atoms with Crippen LogP contribution >= 0.6 is 0 Å². The Labute approximate surface area is 153 Å². The van der Waals surface area contributed by atoms with Gasteiger partial charge in [-0.3, -0.25) is 4.79 Å². The van der Waals surface area contributed by atoms with Gasteiger partial charge in [-0.25, -0.2) is 4.98 Å². The molecule has 2 atom stereocenters. The minimum Gasteiger partial charge on any atom is -0.454 e. The molecule has 3 rings (SSSR count). The molecule has 2 aromatic rings. The molecule has 0 bridgehead atoms. The normalized spacial score (nSPS) is 20.4. The zero-order valence-corrected chi connectivity index (χ0v) is 15.3. The number of hydrogen-bond acceptors (Lipinski definition) is 6. The second-order valence-electron chi connectivity index (χ2n) is 6.66. The van der Waals surface area contributed by atoms with E-state index in [-0.39, 0.29) is 23.8 Å². The number of furan rings is 1. The standard InChI is InChI=1S/C18H26N4O4/c1-21(2)8-10-25-16-5-9-24-12-15(16)20-18(23)17-4-3-14(26-17)11-22-7-6-19-13-22/h3-4,6-7,13,15-16H,5,8-12H2,1-2H3,(H,20,23)/t15-,16+/m1/s1. The van der Waals surface area contributed by atoms with Gasteiger partial charge in [0.25, 0.3) is 5.91 Å². The van der Waals surface area contributed by atoms with Gasteiger partial charge in [-0.1, -0.05) is 0 Å². The van der Waals surface area contributed by atoms with Crippen molar-refractivity contribution in [3.05, 3.63) is 42.4 Å². The van der Waals surface area contributed by atoms with E-state index in [4.69, 9.17) is 13.9 Å². The highest BCUT2D eigenvalue weighted by Gasteiger charge is 2.29. The minimum atomic E-state index is -0.251.